The summed E-state index contributed by atoms with van der Waals surface area (Å²) in [4.78, 5) is 2.40. The lowest BCUT2D eigenvalue weighted by molar-refractivity contribution is -0.657. The molecule has 0 aliphatic heterocycles. The van der Waals surface area contributed by atoms with Crippen LogP contribution >= 0.6 is 0 Å². The molecule has 0 saturated heterocycles. The van der Waals surface area contributed by atoms with Crippen LogP contribution in [0.1, 0.15) is 12.8 Å². The first-order valence-corrected chi connectivity index (χ1v) is 8.52. The van der Waals surface area contributed by atoms with E-state index >= 15 is 0 Å². The first kappa shape index (κ1) is 28.3. The van der Waals surface area contributed by atoms with Gasteiger partial charge in [0.2, 0.25) is 0 Å². The zero-order valence-electron chi connectivity index (χ0n) is 16.0. The van der Waals surface area contributed by atoms with E-state index in [-0.39, 0.29) is 48.8 Å². The minimum absolute atomic E-state index is 0. The van der Waals surface area contributed by atoms with E-state index in [2.05, 4.69) is 38.7 Å². The minimum atomic E-state index is 0. The van der Waals surface area contributed by atoms with Gasteiger partial charge in [0.1, 0.15) is 5.69 Å². The lowest BCUT2D eigenvalue weighted by atomic mass is 10.2. The molecule has 1 aromatic carbocycles. The van der Waals surface area contributed by atoms with Crippen LogP contribution in [0.4, 0.5) is 17.3 Å². The third-order valence-corrected chi connectivity index (χ3v) is 3.97. The fourth-order valence-corrected chi connectivity index (χ4v) is 2.53. The van der Waals surface area contributed by atoms with Crippen molar-refractivity contribution in [1.82, 2.24) is 4.57 Å². The third-order valence-electron chi connectivity index (χ3n) is 3.97. The molecule has 0 spiro atoms. The Morgan fingerprint density at radius 3 is 2.00 bits per heavy atom. The Hall–Kier alpha value is -0.940. The number of hydrogen-bond donors (Lipinski definition) is 2. The van der Waals surface area contributed by atoms with E-state index in [0.29, 0.717) is 0 Å². The normalized spacial score (nSPS) is 10.1. The Balaban J connectivity index is 0. The second kappa shape index (κ2) is 15.0. The standard InChI is InChI=1S/C17H28N7.2ClH.HI/c1-22-13-14-23(2)17(22)21-20-15-5-7-16(8-6-15)24(11-3-9-18)12-4-10-19;;;/h5-8,13-14H,3-4,9-12,18-19H2,1-2H3;3*1H/q+1;;;/p-1. The van der Waals surface area contributed by atoms with E-state index < -0.39 is 0 Å². The maximum absolute atomic E-state index is 4.34. The first-order chi connectivity index (χ1) is 11.7. The number of benzene rings is 1. The zero-order chi connectivity index (χ0) is 17.4. The summed E-state index contributed by atoms with van der Waals surface area (Å²) in [5.74, 6) is 0.812. The van der Waals surface area contributed by atoms with Gasteiger partial charge in [-0.1, -0.05) is 5.11 Å². The quantitative estimate of drug-likeness (QED) is 0.188. The molecule has 2 rings (SSSR count). The molecule has 6 N–H and O–H groups in total. The van der Waals surface area contributed by atoms with Crippen molar-refractivity contribution in [3.63, 3.8) is 0 Å². The van der Waals surface area contributed by atoms with Crippen LogP contribution in [0.3, 0.4) is 0 Å². The van der Waals surface area contributed by atoms with Crippen LogP contribution in [0, 0.1) is 0 Å². The van der Waals surface area contributed by atoms with Crippen LogP contribution in [0.25, 0.3) is 0 Å². The molecule has 0 radical (unpaired) electrons. The summed E-state index contributed by atoms with van der Waals surface area (Å²) in [6, 6.07) is 8.27. The zero-order valence-corrected chi connectivity index (χ0v) is 19.7. The van der Waals surface area contributed by atoms with Gasteiger partial charge in [-0.2, -0.15) is 0 Å². The second-order valence-corrected chi connectivity index (χ2v) is 5.94. The smallest absolute Gasteiger partial charge is 0.421 e. The van der Waals surface area contributed by atoms with Crippen LogP contribution in [0.5, 0.6) is 0 Å². The number of azo groups is 1. The largest absolute Gasteiger partial charge is 1.00 e. The van der Waals surface area contributed by atoms with Crippen molar-refractivity contribution in [2.75, 3.05) is 31.1 Å². The Kier molecular flexibility index (Phi) is 15.7. The molecular weight excluding hydrogens is 500 g/mol. The van der Waals surface area contributed by atoms with E-state index in [1.54, 1.807) is 0 Å². The molecule has 1 aromatic heterocycles. The molecule has 2 aromatic rings. The highest BCUT2D eigenvalue weighted by Crippen LogP contribution is 2.21. The predicted molar refractivity (Wildman–Crippen MR) is 94.2 cm³/mol. The van der Waals surface area contributed by atoms with E-state index in [4.69, 9.17) is 0 Å². The van der Waals surface area contributed by atoms with Gasteiger partial charge in [-0.15, -0.1) is 0 Å². The van der Waals surface area contributed by atoms with Crippen LogP contribution in [-0.2, 0) is 14.1 Å². The highest BCUT2D eigenvalue weighted by atomic mass is 127. The number of aromatic nitrogens is 2. The van der Waals surface area contributed by atoms with Gasteiger partial charge < -0.3 is 65.2 Å². The summed E-state index contributed by atoms with van der Waals surface area (Å²) >= 11 is 0. The lowest BCUT2D eigenvalue weighted by Crippen LogP contribution is -3.00. The lowest BCUT2D eigenvalue weighted by Gasteiger charge is -2.23. The van der Waals surface area contributed by atoms with Crippen molar-refractivity contribution in [3.05, 3.63) is 36.7 Å². The average molecular weight is 530 g/mol. The van der Waals surface area contributed by atoms with Gasteiger partial charge in [-0.25, -0.2) is 9.13 Å². The van der Waals surface area contributed by atoms with Gasteiger partial charge in [-0.05, 0) is 24.3 Å². The molecular formula is C17H30Cl2IN7. The Morgan fingerprint density at radius 1 is 1.00 bits per heavy atom. The van der Waals surface area contributed by atoms with Crippen LogP contribution < -0.4 is 69.7 Å². The summed E-state index contributed by atoms with van der Waals surface area (Å²) in [6.07, 6.45) is 6.12. The third kappa shape index (κ3) is 8.73. The van der Waals surface area contributed by atoms with Gasteiger partial charge in [0.25, 0.3) is 0 Å². The summed E-state index contributed by atoms with van der Waals surface area (Å²) in [5, 5.41) is 8.67. The van der Waals surface area contributed by atoms with Gasteiger partial charge in [0, 0.05) is 36.7 Å². The average Bonchev–Trinajstić information content (AvgIpc) is 2.92. The van der Waals surface area contributed by atoms with Crippen molar-refractivity contribution >= 4 is 17.3 Å². The van der Waals surface area contributed by atoms with Gasteiger partial charge >= 0.3 is 5.95 Å². The highest BCUT2D eigenvalue weighted by molar-refractivity contribution is 5.52. The molecule has 0 saturated carbocycles. The van der Waals surface area contributed by atoms with E-state index in [1.807, 2.05) is 47.8 Å². The number of aryl methyl sites for hydroxylation is 2. The van der Waals surface area contributed by atoms with Gasteiger partial charge in [0.15, 0.2) is 0 Å². The van der Waals surface area contributed by atoms with Crippen molar-refractivity contribution in [1.29, 1.82) is 0 Å². The van der Waals surface area contributed by atoms with E-state index in [9.17, 15) is 0 Å². The number of rotatable bonds is 9. The molecule has 0 aliphatic rings. The number of anilines is 1. The molecule has 1 heterocycles. The summed E-state index contributed by atoms with van der Waals surface area (Å²) in [7, 11) is 3.92. The molecule has 7 nitrogen and oxygen atoms in total. The fraction of sp³-hybridized carbons (Fsp3) is 0.471. The van der Waals surface area contributed by atoms with Crippen LogP contribution in [0.2, 0.25) is 0 Å². The van der Waals surface area contributed by atoms with E-state index in [1.165, 1.54) is 5.69 Å². The fourth-order valence-electron chi connectivity index (χ4n) is 2.53. The van der Waals surface area contributed by atoms with Gasteiger partial charge in [-0.3, -0.25) is 0 Å². The van der Waals surface area contributed by atoms with E-state index in [0.717, 1.165) is 50.7 Å². The van der Waals surface area contributed by atoms with Crippen molar-refractivity contribution in [2.24, 2.45) is 24.3 Å². The van der Waals surface area contributed by atoms with Crippen molar-refractivity contribution in [3.8, 4) is 0 Å². The van der Waals surface area contributed by atoms with Gasteiger partial charge in [0.05, 0.1) is 39.6 Å². The molecule has 10 heteroatoms. The van der Waals surface area contributed by atoms with Crippen LogP contribution in [0.15, 0.2) is 46.9 Å². The maximum Gasteiger partial charge on any atom is 0.421 e. The maximum atomic E-state index is 4.34. The minimum Gasteiger partial charge on any atom is -1.00 e. The molecule has 0 bridgehead atoms. The number of quaternary nitrogens is 2. The molecule has 0 aliphatic carbocycles. The summed E-state index contributed by atoms with van der Waals surface area (Å²) < 4.78 is 3.88. The molecule has 0 fully saturated rings. The Labute approximate surface area is 191 Å². The molecule has 0 amide bonds. The van der Waals surface area contributed by atoms with Crippen LogP contribution in [-0.4, -0.2) is 30.7 Å². The first-order valence-electron chi connectivity index (χ1n) is 8.52. The van der Waals surface area contributed by atoms with Crippen molar-refractivity contribution in [2.45, 2.75) is 12.8 Å². The molecule has 154 valence electrons. The Bertz CT molecular complexity index is 634. The number of hydrogen-bond acceptors (Lipinski definition) is 3. The number of nitrogens with zero attached hydrogens (tertiary/aromatic N) is 5. The number of imidazole rings is 1. The number of halogens is 3. The molecule has 0 atom stereocenters. The summed E-state index contributed by atoms with van der Waals surface area (Å²) in [6.45, 7) is 3.98. The predicted octanol–water partition coefficient (Wildman–Crippen LogP) is -8.65. The topological polar surface area (TPSA) is 92.0 Å². The SMILES string of the molecule is Cn1cc[n+](C)c1N=Nc1ccc(N(CCC[NH3+])CCC[NH3+])cc1.[Cl-].[Cl-].[I-]. The van der Waals surface area contributed by atoms with Crippen molar-refractivity contribution < 1.29 is 64.8 Å². The summed E-state index contributed by atoms with van der Waals surface area (Å²) in [5.41, 5.74) is 9.95. The Morgan fingerprint density at radius 2 is 1.56 bits per heavy atom. The highest BCUT2D eigenvalue weighted by Gasteiger charge is 2.11. The molecule has 0 unspecified atom stereocenters. The molecule has 27 heavy (non-hydrogen) atoms. The second-order valence-electron chi connectivity index (χ2n) is 5.94. The monoisotopic (exact) mass is 529 g/mol.